The van der Waals surface area contributed by atoms with Crippen LogP contribution < -0.4 is 11.2 Å². The number of thiocarbonyl (C=S) groups is 1. The van der Waals surface area contributed by atoms with Crippen molar-refractivity contribution >= 4 is 29.0 Å². The second kappa shape index (κ2) is 7.27. The van der Waals surface area contributed by atoms with Crippen LogP contribution in [0.5, 0.6) is 0 Å². The molecule has 0 aromatic carbocycles. The van der Waals surface area contributed by atoms with E-state index in [0.29, 0.717) is 24.4 Å². The van der Waals surface area contributed by atoms with Crippen LogP contribution in [-0.4, -0.2) is 34.1 Å². The lowest BCUT2D eigenvalue weighted by molar-refractivity contribution is -0.200. The molecule has 0 aromatic heterocycles. The number of nitrogens with zero attached hydrogens (tertiary/aromatic N) is 1. The first-order valence-electron chi connectivity index (χ1n) is 11.9. The summed E-state index contributed by atoms with van der Waals surface area (Å²) in [6, 6.07) is 0. The molecule has 4 N–H and O–H groups in total. The van der Waals surface area contributed by atoms with Crippen molar-refractivity contribution in [1.29, 1.82) is 0 Å². The highest BCUT2D eigenvalue weighted by molar-refractivity contribution is 7.80. The number of ether oxygens (including phenoxy) is 1. The summed E-state index contributed by atoms with van der Waals surface area (Å²) in [7, 11) is 0. The minimum absolute atomic E-state index is 0.167. The molecular weight excluding hydrogens is 410 g/mol. The number of hydrazone groups is 1. The third-order valence-electron chi connectivity index (χ3n) is 10.1. The van der Waals surface area contributed by atoms with Gasteiger partial charge in [0.1, 0.15) is 6.61 Å². The van der Waals surface area contributed by atoms with Gasteiger partial charge in [0.25, 0.3) is 0 Å². The highest BCUT2D eigenvalue weighted by Gasteiger charge is 2.67. The van der Waals surface area contributed by atoms with Crippen LogP contribution in [0.2, 0.25) is 0 Å². The standard InChI is InChI=1S/C24H35N3O3S/c1-22-8-5-16(26-27-21(25)31)12-15(22)3-4-19-18(22)6-9-23(2)17(7-10-24(19,23)29)14-11-20(28)30-13-14/h11,15,17-19,29H,3-10,12-13H2,1-2H3,(H3,25,27,31)/b26-16+/t15-,17-,18+,19-,22+,23-,24+/m1/s1. The molecule has 31 heavy (non-hydrogen) atoms. The second-order valence-electron chi connectivity index (χ2n) is 11.1. The first kappa shape index (κ1) is 21.4. The van der Waals surface area contributed by atoms with Crippen molar-refractivity contribution < 1.29 is 14.6 Å². The van der Waals surface area contributed by atoms with Crippen molar-refractivity contribution in [3.05, 3.63) is 11.6 Å². The number of hydrogen-bond donors (Lipinski definition) is 3. The van der Waals surface area contributed by atoms with E-state index < -0.39 is 5.60 Å². The largest absolute Gasteiger partial charge is 0.458 e. The molecule has 170 valence electrons. The highest BCUT2D eigenvalue weighted by Crippen LogP contribution is 2.69. The Kier molecular flexibility index (Phi) is 5.02. The lowest BCUT2D eigenvalue weighted by Crippen LogP contribution is -2.62. The van der Waals surface area contributed by atoms with Gasteiger partial charge >= 0.3 is 5.97 Å². The summed E-state index contributed by atoms with van der Waals surface area (Å²) in [5, 5.41) is 16.9. The fourth-order valence-corrected chi connectivity index (χ4v) is 8.49. The number of fused-ring (bicyclic) bond motifs is 5. The number of nitrogens with one attached hydrogen (secondary N) is 1. The summed E-state index contributed by atoms with van der Waals surface area (Å²) < 4.78 is 5.23. The van der Waals surface area contributed by atoms with Crippen LogP contribution in [0.4, 0.5) is 0 Å². The maximum Gasteiger partial charge on any atom is 0.331 e. The summed E-state index contributed by atoms with van der Waals surface area (Å²) in [4.78, 5) is 11.7. The molecule has 1 heterocycles. The average Bonchev–Trinajstić information content (AvgIpc) is 3.26. The van der Waals surface area contributed by atoms with Crippen LogP contribution in [0.1, 0.15) is 71.6 Å². The van der Waals surface area contributed by atoms with E-state index in [0.717, 1.165) is 63.4 Å². The summed E-state index contributed by atoms with van der Waals surface area (Å²) in [5.74, 6) is 1.52. The normalized spacial score (nSPS) is 47.8. The Morgan fingerprint density at radius 1 is 1.23 bits per heavy atom. The first-order valence-corrected chi connectivity index (χ1v) is 12.3. The first-order chi connectivity index (χ1) is 14.7. The summed E-state index contributed by atoms with van der Waals surface area (Å²) >= 11 is 4.90. The van der Waals surface area contributed by atoms with Crippen LogP contribution in [0, 0.1) is 34.5 Å². The number of nitrogens with two attached hydrogens (primary N) is 1. The van der Waals surface area contributed by atoms with Crippen molar-refractivity contribution in [2.45, 2.75) is 77.2 Å². The van der Waals surface area contributed by atoms with Crippen LogP contribution >= 0.6 is 12.2 Å². The molecule has 4 aliphatic carbocycles. The quantitative estimate of drug-likeness (QED) is 0.342. The van der Waals surface area contributed by atoms with Gasteiger partial charge in [-0.25, -0.2) is 4.79 Å². The molecule has 0 saturated heterocycles. The van der Waals surface area contributed by atoms with Crippen molar-refractivity contribution in [3.8, 4) is 0 Å². The topological polar surface area (TPSA) is 96.9 Å². The zero-order chi connectivity index (χ0) is 22.0. The van der Waals surface area contributed by atoms with E-state index in [4.69, 9.17) is 22.7 Å². The van der Waals surface area contributed by atoms with Gasteiger partial charge in [0, 0.05) is 17.2 Å². The molecular formula is C24H35N3O3S. The maximum atomic E-state index is 12.2. The van der Waals surface area contributed by atoms with E-state index in [2.05, 4.69) is 24.4 Å². The van der Waals surface area contributed by atoms with E-state index in [-0.39, 0.29) is 27.8 Å². The molecule has 0 spiro atoms. The summed E-state index contributed by atoms with van der Waals surface area (Å²) in [6.07, 6.45) is 11.0. The van der Waals surface area contributed by atoms with Crippen molar-refractivity contribution in [3.63, 3.8) is 0 Å². The van der Waals surface area contributed by atoms with Crippen molar-refractivity contribution in [1.82, 2.24) is 5.43 Å². The molecule has 0 amide bonds. The minimum atomic E-state index is -0.650. The highest BCUT2D eigenvalue weighted by atomic mass is 32.1. The maximum absolute atomic E-state index is 12.2. The van der Waals surface area contributed by atoms with Crippen LogP contribution in [0.25, 0.3) is 0 Å². The molecule has 1 aliphatic heterocycles. The third kappa shape index (κ3) is 3.10. The van der Waals surface area contributed by atoms with Gasteiger partial charge in [-0.3, -0.25) is 5.43 Å². The molecule has 6 nitrogen and oxygen atoms in total. The Balaban J connectivity index is 1.39. The van der Waals surface area contributed by atoms with Gasteiger partial charge < -0.3 is 15.6 Å². The van der Waals surface area contributed by atoms with Gasteiger partial charge in [-0.1, -0.05) is 13.8 Å². The smallest absolute Gasteiger partial charge is 0.331 e. The number of rotatable bonds is 2. The number of carbonyl (C=O) groups is 1. The van der Waals surface area contributed by atoms with Gasteiger partial charge in [-0.15, -0.1) is 0 Å². The fourth-order valence-electron chi connectivity index (χ4n) is 8.45. The van der Waals surface area contributed by atoms with Crippen molar-refractivity contribution in [2.75, 3.05) is 6.61 Å². The Morgan fingerprint density at radius 2 is 2.03 bits per heavy atom. The lowest BCUT2D eigenvalue weighted by Gasteiger charge is -2.63. The molecule has 0 aromatic rings. The van der Waals surface area contributed by atoms with Crippen LogP contribution in [0.3, 0.4) is 0 Å². The van der Waals surface area contributed by atoms with E-state index >= 15 is 0 Å². The van der Waals surface area contributed by atoms with Crippen molar-refractivity contribution in [2.24, 2.45) is 45.3 Å². The van der Waals surface area contributed by atoms with Gasteiger partial charge in [-0.2, -0.15) is 5.10 Å². The predicted octanol–water partition coefficient (Wildman–Crippen LogP) is 3.43. The summed E-state index contributed by atoms with van der Waals surface area (Å²) in [6.45, 7) is 5.16. The molecule has 0 unspecified atom stereocenters. The van der Waals surface area contributed by atoms with Gasteiger partial charge in [-0.05, 0) is 105 Å². The van der Waals surface area contributed by atoms with Crippen LogP contribution in [0.15, 0.2) is 16.8 Å². The number of cyclic esters (lactones) is 1. The molecule has 5 aliphatic rings. The molecule has 0 bridgehead atoms. The van der Waals surface area contributed by atoms with Gasteiger partial charge in [0.05, 0.1) is 5.60 Å². The SMILES string of the molecule is C[C@]12CC/C(=N\NC(N)=S)C[C@H]1CC[C@@H]1[C@@H]2CC[C@]2(C)[C@@H](C3=CC(=O)OC3)CC[C@]12O. The predicted molar refractivity (Wildman–Crippen MR) is 123 cm³/mol. The average molecular weight is 446 g/mol. The molecule has 4 fully saturated rings. The molecule has 7 heteroatoms. The molecule has 7 atom stereocenters. The lowest BCUT2D eigenvalue weighted by atomic mass is 9.43. The van der Waals surface area contributed by atoms with E-state index in [1.165, 1.54) is 5.71 Å². The van der Waals surface area contributed by atoms with E-state index in [1.54, 1.807) is 6.08 Å². The minimum Gasteiger partial charge on any atom is -0.458 e. The number of hydrogen-bond acceptors (Lipinski definition) is 5. The zero-order valence-corrected chi connectivity index (χ0v) is 19.5. The third-order valence-corrected chi connectivity index (χ3v) is 10.2. The van der Waals surface area contributed by atoms with Crippen LogP contribution in [-0.2, 0) is 9.53 Å². The Bertz CT molecular complexity index is 872. The number of esters is 1. The van der Waals surface area contributed by atoms with E-state index in [9.17, 15) is 9.90 Å². The zero-order valence-electron chi connectivity index (χ0n) is 18.7. The Hall–Kier alpha value is -1.47. The Labute approximate surface area is 190 Å². The fraction of sp³-hybridized carbons (Fsp3) is 0.792. The second-order valence-corrected chi connectivity index (χ2v) is 11.6. The number of aliphatic hydroxyl groups is 1. The monoisotopic (exact) mass is 445 g/mol. The van der Waals surface area contributed by atoms with Gasteiger partial charge in [0.2, 0.25) is 0 Å². The van der Waals surface area contributed by atoms with Gasteiger partial charge in [0.15, 0.2) is 5.11 Å². The Morgan fingerprint density at radius 3 is 2.74 bits per heavy atom. The molecule has 5 rings (SSSR count). The molecule has 0 radical (unpaired) electrons. The summed E-state index contributed by atoms with van der Waals surface area (Å²) in [5.41, 5.74) is 10.0. The van der Waals surface area contributed by atoms with E-state index in [1.807, 2.05) is 0 Å². The number of carbonyl (C=O) groups excluding carboxylic acids is 1. The molecule has 4 saturated carbocycles.